The summed E-state index contributed by atoms with van der Waals surface area (Å²) >= 11 is 0. The van der Waals surface area contributed by atoms with E-state index in [9.17, 15) is 0 Å². The Labute approximate surface area is 121 Å². The van der Waals surface area contributed by atoms with Gasteiger partial charge in [-0.2, -0.15) is 0 Å². The lowest BCUT2D eigenvalue weighted by Gasteiger charge is -2.38. The number of hydrogen-bond donors (Lipinski definition) is 1. The highest BCUT2D eigenvalue weighted by Gasteiger charge is 2.30. The second kappa shape index (κ2) is 5.55. The predicted octanol–water partition coefficient (Wildman–Crippen LogP) is 3.54. The maximum absolute atomic E-state index is 6.12. The molecule has 0 radical (unpaired) electrons. The van der Waals surface area contributed by atoms with Gasteiger partial charge in [0, 0.05) is 13.1 Å². The molecule has 1 heterocycles. The van der Waals surface area contributed by atoms with Gasteiger partial charge in [0.05, 0.1) is 11.7 Å². The Kier molecular flexibility index (Phi) is 3.77. The molecule has 1 saturated heterocycles. The first kappa shape index (κ1) is 13.6. The number of nitrogens with one attached hydrogen (secondary N) is 1. The van der Waals surface area contributed by atoms with Crippen molar-refractivity contribution in [3.63, 3.8) is 0 Å². The van der Waals surface area contributed by atoms with Crippen molar-refractivity contribution in [2.24, 2.45) is 0 Å². The van der Waals surface area contributed by atoms with Crippen LogP contribution in [0.25, 0.3) is 10.8 Å². The van der Waals surface area contributed by atoms with E-state index in [1.807, 2.05) is 0 Å². The summed E-state index contributed by atoms with van der Waals surface area (Å²) < 4.78 is 6.12. The summed E-state index contributed by atoms with van der Waals surface area (Å²) in [7, 11) is 0. The number of ether oxygens (including phenoxy) is 1. The summed E-state index contributed by atoms with van der Waals surface area (Å²) in [5.41, 5.74) is 1.36. The van der Waals surface area contributed by atoms with Crippen molar-refractivity contribution in [3.8, 4) is 0 Å². The van der Waals surface area contributed by atoms with E-state index in [-0.39, 0.29) is 5.60 Å². The molecule has 0 aliphatic carbocycles. The number of fused-ring (bicyclic) bond motifs is 1. The van der Waals surface area contributed by atoms with Crippen molar-refractivity contribution in [2.75, 3.05) is 13.1 Å². The Morgan fingerprint density at radius 2 is 2.00 bits per heavy atom. The van der Waals surface area contributed by atoms with E-state index in [1.165, 1.54) is 16.3 Å². The highest BCUT2D eigenvalue weighted by Crippen LogP contribution is 2.24. The molecule has 3 rings (SSSR count). The lowest BCUT2D eigenvalue weighted by atomic mass is 9.94. The summed E-state index contributed by atoms with van der Waals surface area (Å²) in [5, 5.41) is 6.10. The second-order valence-corrected chi connectivity index (χ2v) is 6.19. The molecule has 1 N–H and O–H groups in total. The molecule has 1 fully saturated rings. The third kappa shape index (κ3) is 3.02. The predicted molar refractivity (Wildman–Crippen MR) is 84.1 cm³/mol. The molecule has 2 heteroatoms. The van der Waals surface area contributed by atoms with Gasteiger partial charge in [-0.1, -0.05) is 42.5 Å². The number of aryl methyl sites for hydroxylation is 1. The van der Waals surface area contributed by atoms with Crippen molar-refractivity contribution in [2.45, 2.75) is 38.4 Å². The van der Waals surface area contributed by atoms with Crippen LogP contribution in [0.15, 0.2) is 42.5 Å². The fourth-order valence-electron chi connectivity index (χ4n) is 3.06. The second-order valence-electron chi connectivity index (χ2n) is 6.19. The molecule has 1 aliphatic heterocycles. The molecule has 106 valence electrons. The van der Waals surface area contributed by atoms with Crippen LogP contribution in [0.5, 0.6) is 0 Å². The Morgan fingerprint density at radius 1 is 1.20 bits per heavy atom. The third-order valence-corrected chi connectivity index (χ3v) is 4.17. The molecule has 1 aliphatic rings. The molecule has 0 spiro atoms. The van der Waals surface area contributed by atoms with Gasteiger partial charge in [0.25, 0.3) is 0 Å². The van der Waals surface area contributed by atoms with Crippen LogP contribution in [0.2, 0.25) is 0 Å². The Balaban J connectivity index is 1.70. The van der Waals surface area contributed by atoms with E-state index in [0.29, 0.717) is 6.10 Å². The summed E-state index contributed by atoms with van der Waals surface area (Å²) in [4.78, 5) is 0. The summed E-state index contributed by atoms with van der Waals surface area (Å²) in [5.74, 6) is 0. The maximum atomic E-state index is 6.12. The van der Waals surface area contributed by atoms with Gasteiger partial charge < -0.3 is 10.1 Å². The fourth-order valence-corrected chi connectivity index (χ4v) is 3.06. The number of hydrogen-bond acceptors (Lipinski definition) is 2. The van der Waals surface area contributed by atoms with Crippen LogP contribution >= 0.6 is 0 Å². The van der Waals surface area contributed by atoms with Gasteiger partial charge in [-0.3, -0.25) is 0 Å². The SMILES string of the molecule is CC1CNCC(C)(CCc2ccc3ccccc3c2)O1. The van der Waals surface area contributed by atoms with Gasteiger partial charge >= 0.3 is 0 Å². The first-order chi connectivity index (χ1) is 9.65. The van der Waals surface area contributed by atoms with Gasteiger partial charge in [-0.05, 0) is 43.0 Å². The average molecular weight is 269 g/mol. The van der Waals surface area contributed by atoms with E-state index in [2.05, 4.69) is 61.6 Å². The minimum Gasteiger partial charge on any atom is -0.370 e. The molecule has 20 heavy (non-hydrogen) atoms. The van der Waals surface area contributed by atoms with Gasteiger partial charge in [0.1, 0.15) is 0 Å². The Bertz CT molecular complexity index is 595. The van der Waals surface area contributed by atoms with E-state index in [0.717, 1.165) is 25.9 Å². The van der Waals surface area contributed by atoms with Crippen LogP contribution < -0.4 is 5.32 Å². The van der Waals surface area contributed by atoms with E-state index in [1.54, 1.807) is 0 Å². The Hall–Kier alpha value is -1.38. The zero-order chi connectivity index (χ0) is 14.0. The molecular weight excluding hydrogens is 246 g/mol. The van der Waals surface area contributed by atoms with Crippen molar-refractivity contribution in [3.05, 3.63) is 48.0 Å². The molecule has 2 atom stereocenters. The Morgan fingerprint density at radius 3 is 2.80 bits per heavy atom. The van der Waals surface area contributed by atoms with Crippen LogP contribution in [0.3, 0.4) is 0 Å². The summed E-state index contributed by atoms with van der Waals surface area (Å²) in [6, 6.07) is 15.3. The topological polar surface area (TPSA) is 21.3 Å². The van der Waals surface area contributed by atoms with Crippen LogP contribution in [0, 0.1) is 0 Å². The van der Waals surface area contributed by atoms with Gasteiger partial charge in [0.2, 0.25) is 0 Å². The lowest BCUT2D eigenvalue weighted by Crippen LogP contribution is -2.51. The number of morpholine rings is 1. The molecular formula is C18H23NO. The highest BCUT2D eigenvalue weighted by atomic mass is 16.5. The molecule has 0 saturated carbocycles. The lowest BCUT2D eigenvalue weighted by molar-refractivity contribution is -0.101. The van der Waals surface area contributed by atoms with Crippen LogP contribution in [-0.4, -0.2) is 24.8 Å². The molecule has 2 aromatic carbocycles. The zero-order valence-corrected chi connectivity index (χ0v) is 12.4. The highest BCUT2D eigenvalue weighted by molar-refractivity contribution is 5.82. The number of benzene rings is 2. The largest absolute Gasteiger partial charge is 0.370 e. The molecule has 0 amide bonds. The first-order valence-electron chi connectivity index (χ1n) is 7.51. The van der Waals surface area contributed by atoms with Crippen molar-refractivity contribution < 1.29 is 4.74 Å². The van der Waals surface area contributed by atoms with Crippen LogP contribution in [0.4, 0.5) is 0 Å². The van der Waals surface area contributed by atoms with Gasteiger partial charge in [-0.25, -0.2) is 0 Å². The average Bonchev–Trinajstić information content (AvgIpc) is 2.45. The van der Waals surface area contributed by atoms with E-state index < -0.39 is 0 Å². The van der Waals surface area contributed by atoms with Crippen molar-refractivity contribution >= 4 is 10.8 Å². The minimum atomic E-state index is -0.0384. The monoisotopic (exact) mass is 269 g/mol. The first-order valence-corrected chi connectivity index (χ1v) is 7.51. The normalized spacial score (nSPS) is 26.8. The maximum Gasteiger partial charge on any atom is 0.0785 e. The molecule has 2 aromatic rings. The van der Waals surface area contributed by atoms with E-state index >= 15 is 0 Å². The quantitative estimate of drug-likeness (QED) is 0.920. The molecule has 2 nitrogen and oxygen atoms in total. The van der Waals surface area contributed by atoms with Crippen molar-refractivity contribution in [1.82, 2.24) is 5.32 Å². The molecule has 2 unspecified atom stereocenters. The molecule has 0 aromatic heterocycles. The minimum absolute atomic E-state index is 0.0384. The summed E-state index contributed by atoms with van der Waals surface area (Å²) in [6.45, 7) is 6.27. The van der Waals surface area contributed by atoms with Gasteiger partial charge in [0.15, 0.2) is 0 Å². The van der Waals surface area contributed by atoms with Crippen LogP contribution in [-0.2, 0) is 11.2 Å². The third-order valence-electron chi connectivity index (χ3n) is 4.17. The van der Waals surface area contributed by atoms with E-state index in [4.69, 9.17) is 4.74 Å². The molecule has 0 bridgehead atoms. The number of rotatable bonds is 3. The van der Waals surface area contributed by atoms with Crippen LogP contribution in [0.1, 0.15) is 25.8 Å². The van der Waals surface area contributed by atoms with Crippen molar-refractivity contribution in [1.29, 1.82) is 0 Å². The fraction of sp³-hybridized carbons (Fsp3) is 0.444. The standard InChI is InChI=1S/C18H23NO/c1-14-12-19-13-18(2,20-14)10-9-15-7-8-16-5-3-4-6-17(16)11-15/h3-8,11,14,19H,9-10,12-13H2,1-2H3. The summed E-state index contributed by atoms with van der Waals surface area (Å²) in [6.07, 6.45) is 2.43. The smallest absolute Gasteiger partial charge is 0.0785 e. The zero-order valence-electron chi connectivity index (χ0n) is 12.4. The van der Waals surface area contributed by atoms with Gasteiger partial charge in [-0.15, -0.1) is 0 Å².